The smallest absolute Gasteiger partial charge is 0.457 e. The molecule has 0 fully saturated rings. The summed E-state index contributed by atoms with van der Waals surface area (Å²) in [6.07, 6.45) is 56.7. The van der Waals surface area contributed by atoms with Crippen LogP contribution in [-0.4, -0.2) is 49.9 Å². The molecule has 0 rings (SSSR count). The summed E-state index contributed by atoms with van der Waals surface area (Å²) in [5, 5.41) is 0. The van der Waals surface area contributed by atoms with Gasteiger partial charge in [0.05, 0.1) is 19.8 Å². The Hall–Kier alpha value is -1.80. The Bertz CT molecular complexity index is 1070. The summed E-state index contributed by atoms with van der Waals surface area (Å²) in [4.78, 5) is 22.5. The van der Waals surface area contributed by atoms with E-state index in [1.165, 1.54) is 116 Å². The first-order chi connectivity index (χ1) is 28.4. The molecule has 0 bridgehead atoms. The molecule has 0 amide bonds. The summed E-state index contributed by atoms with van der Waals surface area (Å²) in [7, 11) is -4.29. The maximum atomic E-state index is 12.6. The number of unbranched alkanes of at least 4 members (excludes halogenated alkanes) is 22. The number of ether oxygens (including phenoxy) is 2. The zero-order valence-electron chi connectivity index (χ0n) is 37.5. The molecular formula is C49H90NO7P. The Kier molecular flexibility index (Phi) is 44.8. The van der Waals surface area contributed by atoms with Crippen LogP contribution in [0.15, 0.2) is 60.8 Å². The number of hydrogen-bond donors (Lipinski definition) is 2. The normalized spacial score (nSPS) is 13.9. The number of nitrogens with two attached hydrogens (primary N) is 1. The number of phosphoric ester groups is 1. The molecule has 0 radical (unpaired) electrons. The largest absolute Gasteiger partial charge is 0.472 e. The molecule has 0 aliphatic rings. The average Bonchev–Trinajstić information content (AvgIpc) is 3.21. The van der Waals surface area contributed by atoms with Crippen molar-refractivity contribution in [1.29, 1.82) is 0 Å². The molecule has 9 heteroatoms. The average molecular weight is 836 g/mol. The van der Waals surface area contributed by atoms with Crippen molar-refractivity contribution in [3.8, 4) is 0 Å². The summed E-state index contributed by atoms with van der Waals surface area (Å²) in [6, 6.07) is 0. The van der Waals surface area contributed by atoms with Crippen molar-refractivity contribution < 1.29 is 32.8 Å². The van der Waals surface area contributed by atoms with E-state index in [-0.39, 0.29) is 32.3 Å². The van der Waals surface area contributed by atoms with E-state index in [1.54, 1.807) is 0 Å². The second-order valence-corrected chi connectivity index (χ2v) is 17.0. The lowest BCUT2D eigenvalue weighted by molar-refractivity contribution is -0.154. The molecular weight excluding hydrogens is 746 g/mol. The number of rotatable bonds is 45. The van der Waals surface area contributed by atoms with E-state index < -0.39 is 13.9 Å². The zero-order chi connectivity index (χ0) is 42.3. The van der Waals surface area contributed by atoms with Crippen molar-refractivity contribution in [1.82, 2.24) is 0 Å². The number of carbonyl (C=O) groups excluding carboxylic acids is 1. The number of carbonyl (C=O) groups is 1. The van der Waals surface area contributed by atoms with Crippen molar-refractivity contribution in [2.24, 2.45) is 5.73 Å². The van der Waals surface area contributed by atoms with Gasteiger partial charge in [-0.25, -0.2) is 4.57 Å². The Morgan fingerprint density at radius 1 is 0.534 bits per heavy atom. The van der Waals surface area contributed by atoms with E-state index >= 15 is 0 Å². The Labute approximate surface area is 357 Å². The van der Waals surface area contributed by atoms with Crippen LogP contribution in [0.25, 0.3) is 0 Å². The van der Waals surface area contributed by atoms with Gasteiger partial charge in [0.15, 0.2) is 0 Å². The van der Waals surface area contributed by atoms with E-state index in [0.29, 0.717) is 13.0 Å². The van der Waals surface area contributed by atoms with Gasteiger partial charge in [-0.05, 0) is 77.0 Å². The monoisotopic (exact) mass is 836 g/mol. The third-order valence-electron chi connectivity index (χ3n) is 9.92. The first-order valence-electron chi connectivity index (χ1n) is 23.8. The lowest BCUT2D eigenvalue weighted by Crippen LogP contribution is -2.28. The summed E-state index contributed by atoms with van der Waals surface area (Å²) in [5.74, 6) is -0.337. The van der Waals surface area contributed by atoms with Gasteiger partial charge in [-0.2, -0.15) is 0 Å². The summed E-state index contributed by atoms with van der Waals surface area (Å²) in [5.41, 5.74) is 5.38. The Balaban J connectivity index is 4.01. The number of allylic oxidation sites excluding steroid dienone is 10. The molecule has 0 aromatic heterocycles. The highest BCUT2D eigenvalue weighted by Gasteiger charge is 2.25. The molecule has 0 saturated carbocycles. The molecule has 338 valence electrons. The van der Waals surface area contributed by atoms with Crippen LogP contribution in [0.1, 0.15) is 206 Å². The molecule has 0 aliphatic carbocycles. The summed E-state index contributed by atoms with van der Waals surface area (Å²) >= 11 is 0. The number of esters is 1. The molecule has 0 aromatic rings. The van der Waals surface area contributed by atoms with Gasteiger partial charge in [0, 0.05) is 19.6 Å². The molecule has 0 saturated heterocycles. The van der Waals surface area contributed by atoms with Crippen LogP contribution >= 0.6 is 7.82 Å². The van der Waals surface area contributed by atoms with E-state index in [1.807, 2.05) is 0 Å². The van der Waals surface area contributed by atoms with Gasteiger partial charge < -0.3 is 20.1 Å². The molecule has 58 heavy (non-hydrogen) atoms. The third-order valence-corrected chi connectivity index (χ3v) is 10.9. The fraction of sp³-hybridized carbons (Fsp3) is 0.776. The maximum Gasteiger partial charge on any atom is 0.472 e. The standard InChI is InChI=1S/C49H90NO7P/c1-3-5-7-9-11-13-15-17-19-21-23-25-27-29-31-33-35-37-39-41-44-54-46-48(47-56-58(52,53)55-45-43-50)57-49(51)42-40-38-36-34-32-30-28-26-24-22-20-18-16-14-12-10-8-6-4-2/h5,7,11,13,17-20,23,25,48H,3-4,6,8-10,12,14-16,21-22,24,26-47,50H2,1-2H3,(H,52,53)/b7-5-,13-11-,19-17-,20-18-,25-23-. The van der Waals surface area contributed by atoms with Gasteiger partial charge in [-0.3, -0.25) is 13.8 Å². The summed E-state index contributed by atoms with van der Waals surface area (Å²) < 4.78 is 33.5. The molecule has 0 heterocycles. The second-order valence-electron chi connectivity index (χ2n) is 15.6. The van der Waals surface area contributed by atoms with E-state index in [2.05, 4.69) is 74.6 Å². The van der Waals surface area contributed by atoms with Crippen LogP contribution in [0.4, 0.5) is 0 Å². The molecule has 0 spiro atoms. The molecule has 3 N–H and O–H groups in total. The highest BCUT2D eigenvalue weighted by atomic mass is 31.2. The van der Waals surface area contributed by atoms with Gasteiger partial charge in [0.2, 0.25) is 0 Å². The van der Waals surface area contributed by atoms with Gasteiger partial charge in [-0.1, -0.05) is 184 Å². The minimum Gasteiger partial charge on any atom is -0.457 e. The summed E-state index contributed by atoms with van der Waals surface area (Å²) in [6.45, 7) is 4.79. The number of phosphoric acid groups is 1. The van der Waals surface area contributed by atoms with Crippen LogP contribution < -0.4 is 5.73 Å². The van der Waals surface area contributed by atoms with E-state index in [0.717, 1.165) is 70.6 Å². The van der Waals surface area contributed by atoms with Crippen LogP contribution in [0.5, 0.6) is 0 Å². The molecule has 8 nitrogen and oxygen atoms in total. The predicted molar refractivity (Wildman–Crippen MR) is 247 cm³/mol. The van der Waals surface area contributed by atoms with Crippen molar-refractivity contribution in [3.05, 3.63) is 60.8 Å². The first-order valence-corrected chi connectivity index (χ1v) is 25.3. The van der Waals surface area contributed by atoms with Gasteiger partial charge in [-0.15, -0.1) is 0 Å². The lowest BCUT2D eigenvalue weighted by Gasteiger charge is -2.20. The fourth-order valence-electron chi connectivity index (χ4n) is 6.45. The van der Waals surface area contributed by atoms with Gasteiger partial charge in [0.25, 0.3) is 0 Å². The molecule has 2 unspecified atom stereocenters. The lowest BCUT2D eigenvalue weighted by atomic mass is 10.1. The van der Waals surface area contributed by atoms with Crippen LogP contribution in [0, 0.1) is 0 Å². The predicted octanol–water partition coefficient (Wildman–Crippen LogP) is 14.5. The SMILES string of the molecule is CC/C=C\C/C=C\C/C=C\C/C=C\CCCCCCCCCOCC(COP(=O)(O)OCCN)OC(=O)CCCCCCCCCCC/C=C\CCCCCCCC. The first kappa shape index (κ1) is 56.2. The van der Waals surface area contributed by atoms with Crippen molar-refractivity contribution in [2.75, 3.05) is 33.0 Å². The zero-order valence-corrected chi connectivity index (χ0v) is 38.4. The molecule has 2 atom stereocenters. The maximum absolute atomic E-state index is 12.6. The van der Waals surface area contributed by atoms with Crippen LogP contribution in [0.2, 0.25) is 0 Å². The second kappa shape index (κ2) is 46.3. The fourth-order valence-corrected chi connectivity index (χ4v) is 7.22. The van der Waals surface area contributed by atoms with E-state index in [4.69, 9.17) is 24.3 Å². The third kappa shape index (κ3) is 45.3. The Morgan fingerprint density at radius 3 is 1.47 bits per heavy atom. The Morgan fingerprint density at radius 2 is 0.966 bits per heavy atom. The van der Waals surface area contributed by atoms with E-state index in [9.17, 15) is 14.3 Å². The van der Waals surface area contributed by atoms with Crippen molar-refractivity contribution in [2.45, 2.75) is 213 Å². The number of hydrogen-bond acceptors (Lipinski definition) is 7. The highest BCUT2D eigenvalue weighted by Crippen LogP contribution is 2.43. The van der Waals surface area contributed by atoms with Gasteiger partial charge in [0.1, 0.15) is 6.10 Å². The minimum atomic E-state index is -4.29. The molecule has 0 aliphatic heterocycles. The van der Waals surface area contributed by atoms with Crippen molar-refractivity contribution in [3.63, 3.8) is 0 Å². The van der Waals surface area contributed by atoms with Gasteiger partial charge >= 0.3 is 13.8 Å². The topological polar surface area (TPSA) is 117 Å². The molecule has 0 aromatic carbocycles. The van der Waals surface area contributed by atoms with Crippen molar-refractivity contribution >= 4 is 13.8 Å². The highest BCUT2D eigenvalue weighted by molar-refractivity contribution is 7.47. The van der Waals surface area contributed by atoms with Crippen LogP contribution in [-0.2, 0) is 27.9 Å². The van der Waals surface area contributed by atoms with Crippen LogP contribution in [0.3, 0.4) is 0 Å². The quantitative estimate of drug-likeness (QED) is 0.0269. The minimum absolute atomic E-state index is 0.0960.